The third kappa shape index (κ3) is 1.09. The molecule has 2 rings (SSSR count). The maximum atomic E-state index is 11.9. The summed E-state index contributed by atoms with van der Waals surface area (Å²) in [5.74, 6) is 0. The van der Waals surface area contributed by atoms with Crippen LogP contribution in [0.2, 0.25) is 0 Å². The van der Waals surface area contributed by atoms with Crippen molar-refractivity contribution in [2.75, 3.05) is 0 Å². The molecular weight excluding hydrogens is 176 g/mol. The summed E-state index contributed by atoms with van der Waals surface area (Å²) in [6, 6.07) is 8.06. The van der Waals surface area contributed by atoms with Crippen LogP contribution in [0.3, 0.4) is 0 Å². The van der Waals surface area contributed by atoms with Gasteiger partial charge in [-0.05, 0) is 26.0 Å². The highest BCUT2D eigenvalue weighted by Gasteiger charge is 2.11. The molecule has 74 valence electrons. The van der Waals surface area contributed by atoms with Crippen LogP contribution in [0.5, 0.6) is 0 Å². The van der Waals surface area contributed by atoms with E-state index in [9.17, 15) is 4.79 Å². The number of hydrogen-bond acceptors (Lipinski definition) is 1. The van der Waals surface area contributed by atoms with Gasteiger partial charge in [-0.25, -0.2) is 4.79 Å². The van der Waals surface area contributed by atoms with Gasteiger partial charge in [-0.1, -0.05) is 12.1 Å². The molecule has 0 bridgehead atoms. The van der Waals surface area contributed by atoms with E-state index in [4.69, 9.17) is 0 Å². The van der Waals surface area contributed by atoms with Crippen molar-refractivity contribution in [3.63, 3.8) is 0 Å². The molecule has 0 aliphatic heterocycles. The van der Waals surface area contributed by atoms with E-state index in [1.54, 1.807) is 4.57 Å². The number of nitrogens with zero attached hydrogens (tertiary/aromatic N) is 2. The second kappa shape index (κ2) is 3.01. The molecule has 14 heavy (non-hydrogen) atoms. The molecule has 0 radical (unpaired) electrons. The second-order valence-corrected chi connectivity index (χ2v) is 3.79. The molecule has 1 heterocycles. The number of aryl methyl sites for hydroxylation is 1. The van der Waals surface area contributed by atoms with Crippen LogP contribution < -0.4 is 5.69 Å². The van der Waals surface area contributed by atoms with Gasteiger partial charge in [0.15, 0.2) is 0 Å². The summed E-state index contributed by atoms with van der Waals surface area (Å²) in [4.78, 5) is 11.9. The van der Waals surface area contributed by atoms with Gasteiger partial charge in [-0.2, -0.15) is 0 Å². The van der Waals surface area contributed by atoms with E-state index < -0.39 is 0 Å². The minimum Gasteiger partial charge on any atom is -0.295 e. The maximum Gasteiger partial charge on any atom is 0.329 e. The molecule has 0 aliphatic rings. The van der Waals surface area contributed by atoms with E-state index in [1.807, 2.05) is 49.7 Å². The molecule has 0 aliphatic carbocycles. The number of para-hydroxylation sites is 2. The van der Waals surface area contributed by atoms with Crippen LogP contribution in [-0.2, 0) is 7.05 Å². The Morgan fingerprint density at radius 3 is 2.29 bits per heavy atom. The van der Waals surface area contributed by atoms with Crippen LogP contribution in [0.4, 0.5) is 0 Å². The molecule has 1 aromatic heterocycles. The van der Waals surface area contributed by atoms with E-state index in [1.165, 1.54) is 0 Å². The molecule has 2 aromatic rings. The molecule has 3 nitrogen and oxygen atoms in total. The number of fused-ring (bicyclic) bond motifs is 1. The van der Waals surface area contributed by atoms with E-state index >= 15 is 0 Å². The number of imidazole rings is 1. The first-order valence-electron chi connectivity index (χ1n) is 4.79. The summed E-state index contributed by atoms with van der Waals surface area (Å²) in [6.45, 7) is 4.04. The summed E-state index contributed by atoms with van der Waals surface area (Å²) in [5, 5.41) is 0. The molecule has 0 saturated carbocycles. The zero-order valence-corrected chi connectivity index (χ0v) is 8.69. The van der Waals surface area contributed by atoms with Crippen molar-refractivity contribution in [1.29, 1.82) is 0 Å². The van der Waals surface area contributed by atoms with Gasteiger partial charge in [-0.15, -0.1) is 0 Å². The molecule has 0 N–H and O–H groups in total. The number of hydrogen-bond donors (Lipinski definition) is 0. The Bertz CT molecular complexity index is 520. The fourth-order valence-corrected chi connectivity index (χ4v) is 1.82. The van der Waals surface area contributed by atoms with Crippen LogP contribution in [-0.4, -0.2) is 9.13 Å². The Morgan fingerprint density at radius 2 is 1.71 bits per heavy atom. The van der Waals surface area contributed by atoms with Gasteiger partial charge in [-0.3, -0.25) is 9.13 Å². The predicted octanol–water partition coefficient (Wildman–Crippen LogP) is 1.92. The molecule has 0 fully saturated rings. The SMILES string of the molecule is CC(C)n1c(=O)n(C)c2ccccc21. The maximum absolute atomic E-state index is 11.9. The third-order valence-corrected chi connectivity index (χ3v) is 2.51. The smallest absolute Gasteiger partial charge is 0.295 e. The van der Waals surface area contributed by atoms with E-state index in [0.717, 1.165) is 11.0 Å². The Kier molecular flexibility index (Phi) is 1.95. The van der Waals surface area contributed by atoms with Crippen molar-refractivity contribution in [1.82, 2.24) is 9.13 Å². The molecule has 1 aromatic carbocycles. The predicted molar refractivity (Wildman–Crippen MR) is 57.6 cm³/mol. The topological polar surface area (TPSA) is 26.9 Å². The summed E-state index contributed by atoms with van der Waals surface area (Å²) in [5.41, 5.74) is 2.06. The van der Waals surface area contributed by atoms with Gasteiger partial charge in [0.2, 0.25) is 0 Å². The fraction of sp³-hybridized carbons (Fsp3) is 0.364. The molecular formula is C11H14N2O. The Hall–Kier alpha value is -1.51. The van der Waals surface area contributed by atoms with Gasteiger partial charge in [0.05, 0.1) is 11.0 Å². The van der Waals surface area contributed by atoms with Crippen molar-refractivity contribution in [2.45, 2.75) is 19.9 Å². The number of benzene rings is 1. The third-order valence-electron chi connectivity index (χ3n) is 2.51. The Balaban J connectivity index is 2.95. The van der Waals surface area contributed by atoms with Crippen LogP contribution in [0, 0.1) is 0 Å². The van der Waals surface area contributed by atoms with Crippen molar-refractivity contribution < 1.29 is 0 Å². The van der Waals surface area contributed by atoms with Crippen molar-refractivity contribution in [2.24, 2.45) is 7.05 Å². The minimum atomic E-state index is 0.0567. The van der Waals surface area contributed by atoms with Crippen molar-refractivity contribution in [3.05, 3.63) is 34.7 Å². The molecule has 0 unspecified atom stereocenters. The zero-order valence-electron chi connectivity index (χ0n) is 8.69. The van der Waals surface area contributed by atoms with E-state index in [0.29, 0.717) is 0 Å². The largest absolute Gasteiger partial charge is 0.329 e. The van der Waals surface area contributed by atoms with Gasteiger partial charge in [0.25, 0.3) is 0 Å². The highest BCUT2D eigenvalue weighted by Crippen LogP contribution is 2.15. The number of rotatable bonds is 1. The lowest BCUT2D eigenvalue weighted by Gasteiger charge is -2.05. The lowest BCUT2D eigenvalue weighted by atomic mass is 10.3. The lowest BCUT2D eigenvalue weighted by molar-refractivity contribution is 0.583. The fourth-order valence-electron chi connectivity index (χ4n) is 1.82. The minimum absolute atomic E-state index is 0.0567. The average molecular weight is 190 g/mol. The summed E-state index contributed by atoms with van der Waals surface area (Å²) >= 11 is 0. The summed E-state index contributed by atoms with van der Waals surface area (Å²) in [7, 11) is 1.81. The molecule has 0 saturated heterocycles. The van der Waals surface area contributed by atoms with Crippen molar-refractivity contribution in [3.8, 4) is 0 Å². The van der Waals surface area contributed by atoms with Crippen LogP contribution in [0.25, 0.3) is 11.0 Å². The first-order valence-corrected chi connectivity index (χ1v) is 4.79. The first kappa shape index (κ1) is 9.06. The average Bonchev–Trinajstić information content (AvgIpc) is 2.41. The standard InChI is InChI=1S/C11H14N2O/c1-8(2)13-10-7-5-4-6-9(10)12(3)11(13)14/h4-8H,1-3H3. The van der Waals surface area contributed by atoms with Crippen LogP contribution in [0.1, 0.15) is 19.9 Å². The molecule has 0 spiro atoms. The zero-order chi connectivity index (χ0) is 10.3. The lowest BCUT2D eigenvalue weighted by Crippen LogP contribution is -2.23. The van der Waals surface area contributed by atoms with Gasteiger partial charge in [0, 0.05) is 13.1 Å². The quantitative estimate of drug-likeness (QED) is 0.675. The molecule has 3 heteroatoms. The van der Waals surface area contributed by atoms with E-state index in [-0.39, 0.29) is 11.7 Å². The second-order valence-electron chi connectivity index (χ2n) is 3.79. The Labute approximate surface area is 82.6 Å². The monoisotopic (exact) mass is 190 g/mol. The van der Waals surface area contributed by atoms with Gasteiger partial charge in [0.1, 0.15) is 0 Å². The van der Waals surface area contributed by atoms with Gasteiger partial charge < -0.3 is 0 Å². The van der Waals surface area contributed by atoms with Gasteiger partial charge >= 0.3 is 5.69 Å². The van der Waals surface area contributed by atoms with Crippen LogP contribution >= 0.6 is 0 Å². The van der Waals surface area contributed by atoms with E-state index in [2.05, 4.69) is 0 Å². The summed E-state index contributed by atoms with van der Waals surface area (Å²) < 4.78 is 3.50. The number of aromatic nitrogens is 2. The Morgan fingerprint density at radius 1 is 1.14 bits per heavy atom. The summed E-state index contributed by atoms with van der Waals surface area (Å²) in [6.07, 6.45) is 0. The molecule has 0 amide bonds. The highest BCUT2D eigenvalue weighted by atomic mass is 16.1. The first-order chi connectivity index (χ1) is 6.63. The normalized spacial score (nSPS) is 11.4. The highest BCUT2D eigenvalue weighted by molar-refractivity contribution is 5.75. The molecule has 0 atom stereocenters. The van der Waals surface area contributed by atoms with Crippen LogP contribution in [0.15, 0.2) is 29.1 Å². The van der Waals surface area contributed by atoms with Crippen molar-refractivity contribution >= 4 is 11.0 Å².